The standard InChI is InChI=1S/C16H28N2O3/c1-3-6-16(15(20)21)7-10-17(12-16)11-14(19)18-8-4-13(2)5-9-18/h13H,3-12H2,1-2H3,(H,20,21). The molecule has 2 aliphatic rings. The number of nitrogens with zero attached hydrogens (tertiary/aromatic N) is 2. The van der Waals surface area contributed by atoms with Gasteiger partial charge in [-0.25, -0.2) is 0 Å². The van der Waals surface area contributed by atoms with Crippen LogP contribution in [0.15, 0.2) is 0 Å². The van der Waals surface area contributed by atoms with E-state index >= 15 is 0 Å². The summed E-state index contributed by atoms with van der Waals surface area (Å²) in [6, 6.07) is 0. The van der Waals surface area contributed by atoms with Crippen LogP contribution in [0.4, 0.5) is 0 Å². The highest BCUT2D eigenvalue weighted by atomic mass is 16.4. The van der Waals surface area contributed by atoms with Gasteiger partial charge in [0, 0.05) is 19.6 Å². The van der Waals surface area contributed by atoms with E-state index in [0.29, 0.717) is 31.8 Å². The van der Waals surface area contributed by atoms with Crippen molar-refractivity contribution in [3.63, 3.8) is 0 Å². The Morgan fingerprint density at radius 2 is 1.90 bits per heavy atom. The molecule has 1 atom stereocenters. The molecule has 2 fully saturated rings. The second-order valence-electron chi connectivity index (χ2n) is 6.86. The maximum atomic E-state index is 12.3. The molecule has 2 aliphatic heterocycles. The van der Waals surface area contributed by atoms with Gasteiger partial charge in [0.2, 0.25) is 5.91 Å². The van der Waals surface area contributed by atoms with Gasteiger partial charge in [-0.1, -0.05) is 20.3 Å². The van der Waals surface area contributed by atoms with E-state index in [-0.39, 0.29) is 5.91 Å². The molecule has 2 rings (SSSR count). The molecule has 0 spiro atoms. The van der Waals surface area contributed by atoms with Gasteiger partial charge < -0.3 is 10.0 Å². The Morgan fingerprint density at radius 1 is 1.24 bits per heavy atom. The van der Waals surface area contributed by atoms with Crippen molar-refractivity contribution in [2.24, 2.45) is 11.3 Å². The number of hydrogen-bond acceptors (Lipinski definition) is 3. The molecule has 2 saturated heterocycles. The van der Waals surface area contributed by atoms with Gasteiger partial charge in [0.1, 0.15) is 0 Å². The summed E-state index contributed by atoms with van der Waals surface area (Å²) in [5.74, 6) is 0.177. The fourth-order valence-electron chi connectivity index (χ4n) is 3.61. The van der Waals surface area contributed by atoms with E-state index < -0.39 is 11.4 Å². The molecular weight excluding hydrogens is 268 g/mol. The number of likely N-dealkylation sites (tertiary alicyclic amines) is 2. The van der Waals surface area contributed by atoms with Crippen molar-refractivity contribution in [2.45, 2.75) is 46.0 Å². The first-order chi connectivity index (χ1) is 9.97. The molecule has 0 aromatic carbocycles. The lowest BCUT2D eigenvalue weighted by molar-refractivity contribution is -0.149. The molecule has 2 heterocycles. The molecule has 120 valence electrons. The van der Waals surface area contributed by atoms with Crippen molar-refractivity contribution in [2.75, 3.05) is 32.7 Å². The molecular formula is C16H28N2O3. The second kappa shape index (κ2) is 6.77. The van der Waals surface area contributed by atoms with Crippen LogP contribution in [0.3, 0.4) is 0 Å². The van der Waals surface area contributed by atoms with E-state index in [0.717, 1.165) is 38.9 Å². The Labute approximate surface area is 127 Å². The monoisotopic (exact) mass is 296 g/mol. The first-order valence-corrected chi connectivity index (χ1v) is 8.20. The van der Waals surface area contributed by atoms with Gasteiger partial charge in [-0.05, 0) is 38.1 Å². The smallest absolute Gasteiger partial charge is 0.310 e. The first-order valence-electron chi connectivity index (χ1n) is 8.20. The second-order valence-corrected chi connectivity index (χ2v) is 6.86. The van der Waals surface area contributed by atoms with Gasteiger partial charge in [-0.2, -0.15) is 0 Å². The molecule has 0 aromatic heterocycles. The van der Waals surface area contributed by atoms with Crippen LogP contribution in [0.1, 0.15) is 46.0 Å². The average molecular weight is 296 g/mol. The highest BCUT2D eigenvalue weighted by Crippen LogP contribution is 2.35. The Hall–Kier alpha value is -1.10. The molecule has 0 radical (unpaired) electrons. The van der Waals surface area contributed by atoms with E-state index in [2.05, 4.69) is 6.92 Å². The van der Waals surface area contributed by atoms with Crippen molar-refractivity contribution in [1.82, 2.24) is 9.80 Å². The van der Waals surface area contributed by atoms with Crippen LogP contribution < -0.4 is 0 Å². The zero-order valence-electron chi connectivity index (χ0n) is 13.3. The zero-order valence-corrected chi connectivity index (χ0v) is 13.3. The molecule has 1 N–H and O–H groups in total. The zero-order chi connectivity index (χ0) is 15.5. The van der Waals surface area contributed by atoms with Crippen LogP contribution in [0.5, 0.6) is 0 Å². The minimum absolute atomic E-state index is 0.166. The topological polar surface area (TPSA) is 60.9 Å². The molecule has 1 amide bonds. The summed E-state index contributed by atoms with van der Waals surface area (Å²) in [6.45, 7) is 7.59. The third-order valence-corrected chi connectivity index (χ3v) is 5.11. The number of carboxylic acid groups (broad SMARTS) is 1. The van der Waals surface area contributed by atoms with Gasteiger partial charge >= 0.3 is 5.97 Å². The molecule has 21 heavy (non-hydrogen) atoms. The summed E-state index contributed by atoms with van der Waals surface area (Å²) in [5, 5.41) is 9.50. The van der Waals surface area contributed by atoms with E-state index in [1.165, 1.54) is 0 Å². The predicted octanol–water partition coefficient (Wildman–Crippen LogP) is 1.82. The Morgan fingerprint density at radius 3 is 2.48 bits per heavy atom. The summed E-state index contributed by atoms with van der Waals surface area (Å²) >= 11 is 0. The van der Waals surface area contributed by atoms with Crippen LogP contribution in [0, 0.1) is 11.3 Å². The highest BCUT2D eigenvalue weighted by Gasteiger charge is 2.44. The maximum Gasteiger partial charge on any atom is 0.310 e. The molecule has 5 heteroatoms. The summed E-state index contributed by atoms with van der Waals surface area (Å²) in [7, 11) is 0. The third kappa shape index (κ3) is 3.76. The molecule has 5 nitrogen and oxygen atoms in total. The molecule has 0 saturated carbocycles. The lowest BCUT2D eigenvalue weighted by Crippen LogP contribution is -2.44. The van der Waals surface area contributed by atoms with Crippen molar-refractivity contribution in [1.29, 1.82) is 0 Å². The number of amides is 1. The van der Waals surface area contributed by atoms with Crippen molar-refractivity contribution in [3.8, 4) is 0 Å². The van der Waals surface area contributed by atoms with Crippen LogP contribution in [-0.2, 0) is 9.59 Å². The predicted molar refractivity (Wildman–Crippen MR) is 81.0 cm³/mol. The third-order valence-electron chi connectivity index (χ3n) is 5.11. The van der Waals surface area contributed by atoms with E-state index in [1.54, 1.807) is 0 Å². The van der Waals surface area contributed by atoms with E-state index in [1.807, 2.05) is 16.7 Å². The molecule has 1 unspecified atom stereocenters. The Kier molecular flexibility index (Phi) is 5.25. The van der Waals surface area contributed by atoms with Crippen LogP contribution >= 0.6 is 0 Å². The van der Waals surface area contributed by atoms with Gasteiger partial charge in [0.15, 0.2) is 0 Å². The Balaban J connectivity index is 1.87. The number of piperidine rings is 1. The number of carbonyl (C=O) groups excluding carboxylic acids is 1. The minimum Gasteiger partial charge on any atom is -0.481 e. The highest BCUT2D eigenvalue weighted by molar-refractivity contribution is 5.79. The number of aliphatic carboxylic acids is 1. The van der Waals surface area contributed by atoms with Crippen molar-refractivity contribution in [3.05, 3.63) is 0 Å². The fourth-order valence-corrected chi connectivity index (χ4v) is 3.61. The molecule has 0 bridgehead atoms. The van der Waals surface area contributed by atoms with Gasteiger partial charge in [0.25, 0.3) is 0 Å². The average Bonchev–Trinajstić information content (AvgIpc) is 2.84. The SMILES string of the molecule is CCCC1(C(=O)O)CCN(CC(=O)N2CCC(C)CC2)C1. The first kappa shape index (κ1) is 16.3. The maximum absolute atomic E-state index is 12.3. The van der Waals surface area contributed by atoms with Gasteiger partial charge in [0.05, 0.1) is 12.0 Å². The number of hydrogen-bond donors (Lipinski definition) is 1. The number of rotatable bonds is 5. The van der Waals surface area contributed by atoms with Crippen LogP contribution in [0.25, 0.3) is 0 Å². The van der Waals surface area contributed by atoms with Crippen molar-refractivity contribution < 1.29 is 14.7 Å². The summed E-state index contributed by atoms with van der Waals surface area (Å²) < 4.78 is 0. The number of carbonyl (C=O) groups is 2. The minimum atomic E-state index is -0.703. The lowest BCUT2D eigenvalue weighted by atomic mass is 9.83. The molecule has 0 aliphatic carbocycles. The number of carboxylic acids is 1. The van der Waals surface area contributed by atoms with Crippen LogP contribution in [0.2, 0.25) is 0 Å². The fraction of sp³-hybridized carbons (Fsp3) is 0.875. The largest absolute Gasteiger partial charge is 0.481 e. The quantitative estimate of drug-likeness (QED) is 0.840. The van der Waals surface area contributed by atoms with Gasteiger partial charge in [-0.3, -0.25) is 14.5 Å². The van der Waals surface area contributed by atoms with Gasteiger partial charge in [-0.15, -0.1) is 0 Å². The summed E-state index contributed by atoms with van der Waals surface area (Å²) in [6.07, 6.45) is 4.41. The van der Waals surface area contributed by atoms with E-state index in [9.17, 15) is 14.7 Å². The summed E-state index contributed by atoms with van der Waals surface area (Å²) in [4.78, 5) is 27.9. The lowest BCUT2D eigenvalue weighted by Gasteiger charge is -2.32. The summed E-state index contributed by atoms with van der Waals surface area (Å²) in [5.41, 5.74) is -0.633. The Bertz CT molecular complexity index is 391. The van der Waals surface area contributed by atoms with Crippen molar-refractivity contribution >= 4 is 11.9 Å². The molecule has 0 aromatic rings. The van der Waals surface area contributed by atoms with Crippen LogP contribution in [-0.4, -0.2) is 59.5 Å². The van der Waals surface area contributed by atoms with E-state index in [4.69, 9.17) is 0 Å². The normalized spacial score (nSPS) is 28.0.